The number of carbonyl (C=O) groups is 1. The van der Waals surface area contributed by atoms with Gasteiger partial charge in [-0.25, -0.2) is 4.39 Å². The zero-order valence-electron chi connectivity index (χ0n) is 10.6. The van der Waals surface area contributed by atoms with E-state index >= 15 is 0 Å². The zero-order valence-corrected chi connectivity index (χ0v) is 11.4. The van der Waals surface area contributed by atoms with Crippen LogP contribution < -0.4 is 10.1 Å². The second kappa shape index (κ2) is 6.91. The van der Waals surface area contributed by atoms with Gasteiger partial charge in [0, 0.05) is 5.56 Å². The Balaban J connectivity index is 1.78. The van der Waals surface area contributed by atoms with Crippen LogP contribution in [0.25, 0.3) is 0 Å². The molecule has 0 heterocycles. The van der Waals surface area contributed by atoms with Gasteiger partial charge in [-0.15, -0.1) is 0 Å². The summed E-state index contributed by atoms with van der Waals surface area (Å²) in [7, 11) is 0. The molecule has 0 radical (unpaired) electrons. The number of benzene rings is 2. The number of amides is 1. The van der Waals surface area contributed by atoms with E-state index in [-0.39, 0.29) is 17.5 Å². The number of ether oxygens (including phenoxy) is 1. The van der Waals surface area contributed by atoms with E-state index in [0.29, 0.717) is 17.9 Å². The maximum atomic E-state index is 12.8. The predicted molar refractivity (Wildman–Crippen MR) is 75.7 cm³/mol. The van der Waals surface area contributed by atoms with Gasteiger partial charge in [0.15, 0.2) is 0 Å². The van der Waals surface area contributed by atoms with Crippen LogP contribution in [0.1, 0.15) is 10.4 Å². The molecular formula is C15H13ClFNO2. The van der Waals surface area contributed by atoms with Crippen LogP contribution in [0.15, 0.2) is 48.5 Å². The molecule has 104 valence electrons. The second-order valence-corrected chi connectivity index (χ2v) is 4.45. The van der Waals surface area contributed by atoms with Gasteiger partial charge in [0.2, 0.25) is 0 Å². The van der Waals surface area contributed by atoms with Crippen LogP contribution in [-0.4, -0.2) is 19.1 Å². The fraction of sp³-hybridized carbons (Fsp3) is 0.133. The Bertz CT molecular complexity index is 590. The highest BCUT2D eigenvalue weighted by Crippen LogP contribution is 2.24. The van der Waals surface area contributed by atoms with Gasteiger partial charge in [0.1, 0.15) is 18.2 Å². The van der Waals surface area contributed by atoms with Crippen LogP contribution in [0.5, 0.6) is 5.75 Å². The molecule has 0 saturated heterocycles. The van der Waals surface area contributed by atoms with Crippen molar-refractivity contribution in [1.82, 2.24) is 5.32 Å². The lowest BCUT2D eigenvalue weighted by Crippen LogP contribution is -2.28. The first kappa shape index (κ1) is 14.3. The molecule has 0 aliphatic carbocycles. The molecule has 3 nitrogen and oxygen atoms in total. The van der Waals surface area contributed by atoms with E-state index in [4.69, 9.17) is 16.3 Å². The van der Waals surface area contributed by atoms with E-state index in [0.717, 1.165) is 0 Å². The molecule has 2 aromatic rings. The van der Waals surface area contributed by atoms with E-state index in [9.17, 15) is 9.18 Å². The molecule has 2 rings (SSSR count). The van der Waals surface area contributed by atoms with E-state index < -0.39 is 5.82 Å². The number of halogens is 2. The fourth-order valence-corrected chi connectivity index (χ4v) is 1.83. The second-order valence-electron chi connectivity index (χ2n) is 4.05. The maximum Gasteiger partial charge on any atom is 0.251 e. The molecule has 0 aromatic heterocycles. The molecule has 0 unspecified atom stereocenters. The van der Waals surface area contributed by atoms with Crippen LogP contribution in [0.3, 0.4) is 0 Å². The van der Waals surface area contributed by atoms with Crippen LogP contribution in [0.4, 0.5) is 4.39 Å². The minimum atomic E-state index is -0.417. The van der Waals surface area contributed by atoms with Crippen molar-refractivity contribution in [3.63, 3.8) is 0 Å². The molecule has 0 aliphatic heterocycles. The topological polar surface area (TPSA) is 38.3 Å². The van der Waals surface area contributed by atoms with Crippen molar-refractivity contribution in [2.45, 2.75) is 0 Å². The predicted octanol–water partition coefficient (Wildman–Crippen LogP) is 3.29. The van der Waals surface area contributed by atoms with Gasteiger partial charge in [0.25, 0.3) is 5.91 Å². The number of carbonyl (C=O) groups excluding carboxylic acids is 1. The summed E-state index contributed by atoms with van der Waals surface area (Å²) >= 11 is 5.81. The van der Waals surface area contributed by atoms with Crippen LogP contribution in [-0.2, 0) is 0 Å². The van der Waals surface area contributed by atoms with Crippen molar-refractivity contribution in [2.75, 3.05) is 13.2 Å². The molecule has 5 heteroatoms. The maximum absolute atomic E-state index is 12.8. The van der Waals surface area contributed by atoms with Gasteiger partial charge >= 0.3 is 0 Å². The SMILES string of the molecule is O=C(NCCOc1ccc(F)cc1Cl)c1ccccc1. The molecule has 0 spiro atoms. The molecule has 1 amide bonds. The lowest BCUT2D eigenvalue weighted by Gasteiger charge is -2.09. The Morgan fingerprint density at radius 2 is 1.95 bits per heavy atom. The summed E-state index contributed by atoms with van der Waals surface area (Å²) in [5.41, 5.74) is 0.590. The third-order valence-corrected chi connectivity index (χ3v) is 2.87. The summed E-state index contributed by atoms with van der Waals surface area (Å²) in [5, 5.41) is 2.93. The van der Waals surface area contributed by atoms with Crippen molar-refractivity contribution in [1.29, 1.82) is 0 Å². The Morgan fingerprint density at radius 3 is 2.65 bits per heavy atom. The van der Waals surface area contributed by atoms with Crippen LogP contribution in [0, 0.1) is 5.82 Å². The number of nitrogens with one attached hydrogen (secondary N) is 1. The highest BCUT2D eigenvalue weighted by atomic mass is 35.5. The van der Waals surface area contributed by atoms with Crippen molar-refractivity contribution >= 4 is 17.5 Å². The summed E-state index contributed by atoms with van der Waals surface area (Å²) in [5.74, 6) is -0.193. The Labute approximate surface area is 121 Å². The average Bonchev–Trinajstić information content (AvgIpc) is 2.46. The first-order valence-corrected chi connectivity index (χ1v) is 6.46. The Kier molecular flexibility index (Phi) is 4.96. The Morgan fingerprint density at radius 1 is 1.20 bits per heavy atom. The highest BCUT2D eigenvalue weighted by molar-refractivity contribution is 6.32. The lowest BCUT2D eigenvalue weighted by atomic mass is 10.2. The summed E-state index contributed by atoms with van der Waals surface area (Å²) in [6.45, 7) is 0.589. The van der Waals surface area contributed by atoms with Crippen molar-refractivity contribution in [3.05, 3.63) is 64.9 Å². The van der Waals surface area contributed by atoms with Gasteiger partial charge < -0.3 is 10.1 Å². The number of hydrogen-bond donors (Lipinski definition) is 1. The smallest absolute Gasteiger partial charge is 0.251 e. The van der Waals surface area contributed by atoms with E-state index in [1.807, 2.05) is 6.07 Å². The minimum absolute atomic E-state index is 0.167. The van der Waals surface area contributed by atoms with Crippen LogP contribution >= 0.6 is 11.6 Å². The van der Waals surface area contributed by atoms with Gasteiger partial charge in [-0.2, -0.15) is 0 Å². The van der Waals surface area contributed by atoms with Crippen molar-refractivity contribution in [2.24, 2.45) is 0 Å². The molecule has 0 saturated carbocycles. The summed E-state index contributed by atoms with van der Waals surface area (Å²) in [6, 6.07) is 12.8. The molecular weight excluding hydrogens is 281 g/mol. The largest absolute Gasteiger partial charge is 0.490 e. The van der Waals surface area contributed by atoms with Gasteiger partial charge in [0.05, 0.1) is 11.6 Å². The monoisotopic (exact) mass is 293 g/mol. The van der Waals surface area contributed by atoms with E-state index in [2.05, 4.69) is 5.32 Å². The van der Waals surface area contributed by atoms with E-state index in [1.165, 1.54) is 18.2 Å². The summed E-state index contributed by atoms with van der Waals surface area (Å²) in [4.78, 5) is 11.7. The lowest BCUT2D eigenvalue weighted by molar-refractivity contribution is 0.0947. The molecule has 0 fully saturated rings. The van der Waals surface area contributed by atoms with Crippen LogP contribution in [0.2, 0.25) is 5.02 Å². The normalized spacial score (nSPS) is 10.1. The Hall–Kier alpha value is -2.07. The first-order chi connectivity index (χ1) is 9.66. The zero-order chi connectivity index (χ0) is 14.4. The molecule has 0 aliphatic rings. The average molecular weight is 294 g/mol. The van der Waals surface area contributed by atoms with Crippen molar-refractivity contribution < 1.29 is 13.9 Å². The van der Waals surface area contributed by atoms with E-state index in [1.54, 1.807) is 24.3 Å². The standard InChI is InChI=1S/C15H13ClFNO2/c16-13-10-12(17)6-7-14(13)20-9-8-18-15(19)11-4-2-1-3-5-11/h1-7,10H,8-9H2,(H,18,19). The fourth-order valence-electron chi connectivity index (χ4n) is 1.61. The molecule has 1 N–H and O–H groups in total. The third kappa shape index (κ3) is 3.96. The van der Waals surface area contributed by atoms with Gasteiger partial charge in [-0.1, -0.05) is 29.8 Å². The van der Waals surface area contributed by atoms with Gasteiger partial charge in [-0.05, 0) is 30.3 Å². The quantitative estimate of drug-likeness (QED) is 0.859. The molecule has 0 atom stereocenters. The first-order valence-electron chi connectivity index (χ1n) is 6.08. The summed E-state index contributed by atoms with van der Waals surface area (Å²) < 4.78 is 18.2. The number of hydrogen-bond acceptors (Lipinski definition) is 2. The highest BCUT2D eigenvalue weighted by Gasteiger charge is 2.05. The molecule has 0 bridgehead atoms. The molecule has 2 aromatic carbocycles. The molecule has 20 heavy (non-hydrogen) atoms. The van der Waals surface area contributed by atoms with Gasteiger partial charge in [-0.3, -0.25) is 4.79 Å². The minimum Gasteiger partial charge on any atom is -0.490 e. The summed E-state index contributed by atoms with van der Waals surface area (Å²) in [6.07, 6.45) is 0. The third-order valence-electron chi connectivity index (χ3n) is 2.58. The number of rotatable bonds is 5. The van der Waals surface area contributed by atoms with Crippen molar-refractivity contribution in [3.8, 4) is 5.75 Å².